The number of anilines is 1. The van der Waals surface area contributed by atoms with Gasteiger partial charge in [0.05, 0.1) is 5.57 Å². The summed E-state index contributed by atoms with van der Waals surface area (Å²) in [6.07, 6.45) is 0. The van der Waals surface area contributed by atoms with E-state index in [-0.39, 0.29) is 11.3 Å². The first kappa shape index (κ1) is 20.5. The lowest BCUT2D eigenvalue weighted by atomic mass is 9.96. The van der Waals surface area contributed by atoms with Gasteiger partial charge in [0.15, 0.2) is 0 Å². The Morgan fingerprint density at radius 1 is 1.00 bits per heavy atom. The van der Waals surface area contributed by atoms with Gasteiger partial charge in [0.2, 0.25) is 0 Å². The summed E-state index contributed by atoms with van der Waals surface area (Å²) in [6, 6.07) is 21.4. The SMILES string of the molecule is Cc1ccc(Cl)cc1N1C(=O)C(=O)/C(=C(\O)c2cccc3ccccc23)C1c1cccs1. The second-order valence-corrected chi connectivity index (χ2v) is 9.06. The first-order valence-electron chi connectivity index (χ1n) is 10.1. The van der Waals surface area contributed by atoms with Crippen molar-refractivity contribution in [1.82, 2.24) is 0 Å². The van der Waals surface area contributed by atoms with E-state index < -0.39 is 17.7 Å². The molecule has 1 N–H and O–H groups in total. The number of carbonyl (C=O) groups excluding carboxylic acids is 2. The van der Waals surface area contributed by atoms with Crippen LogP contribution in [0, 0.1) is 6.92 Å². The molecule has 4 nitrogen and oxygen atoms in total. The number of fused-ring (bicyclic) bond motifs is 1. The van der Waals surface area contributed by atoms with Crippen molar-refractivity contribution in [3.63, 3.8) is 0 Å². The number of ketones is 1. The molecule has 0 saturated carbocycles. The van der Waals surface area contributed by atoms with Crippen LogP contribution in [0.3, 0.4) is 0 Å². The summed E-state index contributed by atoms with van der Waals surface area (Å²) in [5.41, 5.74) is 1.96. The molecule has 1 aliphatic heterocycles. The van der Waals surface area contributed by atoms with Crippen molar-refractivity contribution in [3.05, 3.63) is 105 Å². The number of rotatable bonds is 3. The maximum Gasteiger partial charge on any atom is 0.300 e. The molecule has 4 aromatic rings. The van der Waals surface area contributed by atoms with Gasteiger partial charge in [-0.2, -0.15) is 0 Å². The number of thiophene rings is 1. The van der Waals surface area contributed by atoms with Crippen molar-refractivity contribution in [1.29, 1.82) is 0 Å². The van der Waals surface area contributed by atoms with Crippen molar-refractivity contribution in [2.45, 2.75) is 13.0 Å². The Morgan fingerprint density at radius 3 is 2.56 bits per heavy atom. The van der Waals surface area contributed by atoms with Crippen molar-refractivity contribution in [2.75, 3.05) is 4.90 Å². The van der Waals surface area contributed by atoms with Gasteiger partial charge in [-0.05, 0) is 46.8 Å². The molecule has 1 unspecified atom stereocenters. The van der Waals surface area contributed by atoms with Gasteiger partial charge < -0.3 is 5.11 Å². The molecule has 158 valence electrons. The molecule has 3 aromatic carbocycles. The highest BCUT2D eigenvalue weighted by atomic mass is 35.5. The Hall–Kier alpha value is -3.41. The number of aryl methyl sites for hydroxylation is 1. The molecule has 1 fully saturated rings. The smallest absolute Gasteiger partial charge is 0.300 e. The summed E-state index contributed by atoms with van der Waals surface area (Å²) in [6.45, 7) is 1.86. The van der Waals surface area contributed by atoms with Crippen LogP contribution in [0.5, 0.6) is 0 Å². The number of carbonyl (C=O) groups is 2. The van der Waals surface area contributed by atoms with Crippen LogP contribution in [0.1, 0.15) is 22.0 Å². The van der Waals surface area contributed by atoms with E-state index in [9.17, 15) is 14.7 Å². The average Bonchev–Trinajstić information content (AvgIpc) is 3.42. The minimum Gasteiger partial charge on any atom is -0.507 e. The highest BCUT2D eigenvalue weighted by Gasteiger charge is 2.47. The third-order valence-corrected chi connectivity index (χ3v) is 6.89. The summed E-state index contributed by atoms with van der Waals surface area (Å²) in [7, 11) is 0. The number of nitrogens with zero attached hydrogens (tertiary/aromatic N) is 1. The first-order chi connectivity index (χ1) is 15.5. The lowest BCUT2D eigenvalue weighted by Crippen LogP contribution is -2.29. The molecule has 0 spiro atoms. The fourth-order valence-electron chi connectivity index (χ4n) is 4.22. The molecule has 1 aliphatic rings. The van der Waals surface area contributed by atoms with Crippen molar-refractivity contribution in [2.24, 2.45) is 0 Å². The summed E-state index contributed by atoms with van der Waals surface area (Å²) in [5.74, 6) is -1.58. The summed E-state index contributed by atoms with van der Waals surface area (Å²) in [5, 5.41) is 15.5. The highest BCUT2D eigenvalue weighted by Crippen LogP contribution is 2.45. The molecule has 0 aliphatic carbocycles. The summed E-state index contributed by atoms with van der Waals surface area (Å²) in [4.78, 5) is 28.8. The normalized spacial score (nSPS) is 17.9. The van der Waals surface area contributed by atoms with E-state index in [0.29, 0.717) is 16.3 Å². The number of hydrogen-bond donors (Lipinski definition) is 1. The van der Waals surface area contributed by atoms with Crippen LogP contribution in [0.25, 0.3) is 16.5 Å². The minimum absolute atomic E-state index is 0.0770. The monoisotopic (exact) mass is 459 g/mol. The summed E-state index contributed by atoms with van der Waals surface area (Å²) >= 11 is 7.66. The maximum atomic E-state index is 13.3. The van der Waals surface area contributed by atoms with Crippen molar-refractivity contribution < 1.29 is 14.7 Å². The average molecular weight is 460 g/mol. The van der Waals surface area contributed by atoms with Gasteiger partial charge in [0.1, 0.15) is 11.8 Å². The van der Waals surface area contributed by atoms with Gasteiger partial charge in [0.25, 0.3) is 11.7 Å². The van der Waals surface area contributed by atoms with Crippen LogP contribution < -0.4 is 4.90 Å². The lowest BCUT2D eigenvalue weighted by molar-refractivity contribution is -0.132. The molecule has 1 saturated heterocycles. The first-order valence-corrected chi connectivity index (χ1v) is 11.3. The van der Waals surface area contributed by atoms with Gasteiger partial charge in [-0.1, -0.05) is 66.2 Å². The summed E-state index contributed by atoms with van der Waals surface area (Å²) < 4.78 is 0. The van der Waals surface area contributed by atoms with Crippen LogP contribution in [0.2, 0.25) is 5.02 Å². The van der Waals surface area contributed by atoms with E-state index >= 15 is 0 Å². The van der Waals surface area contributed by atoms with Crippen LogP contribution in [0.4, 0.5) is 5.69 Å². The zero-order valence-electron chi connectivity index (χ0n) is 17.1. The zero-order valence-corrected chi connectivity index (χ0v) is 18.7. The maximum absolute atomic E-state index is 13.3. The van der Waals surface area contributed by atoms with E-state index in [0.717, 1.165) is 21.2 Å². The Morgan fingerprint density at radius 2 is 1.78 bits per heavy atom. The number of benzene rings is 3. The van der Waals surface area contributed by atoms with E-state index in [2.05, 4.69) is 0 Å². The third kappa shape index (κ3) is 3.22. The molecule has 0 radical (unpaired) electrons. The number of Topliss-reactive ketones (excluding diaryl/α,β-unsaturated/α-hetero) is 1. The number of amides is 1. The number of aliphatic hydroxyl groups excluding tert-OH is 1. The highest BCUT2D eigenvalue weighted by molar-refractivity contribution is 7.10. The molecule has 5 rings (SSSR count). The molecule has 1 amide bonds. The predicted octanol–water partition coefficient (Wildman–Crippen LogP) is 6.49. The Kier molecular flexibility index (Phi) is 5.08. The Labute approximate surface area is 194 Å². The van der Waals surface area contributed by atoms with Gasteiger partial charge in [-0.15, -0.1) is 11.3 Å². The van der Waals surface area contributed by atoms with Gasteiger partial charge in [-0.3, -0.25) is 14.5 Å². The molecule has 0 bridgehead atoms. The second-order valence-electron chi connectivity index (χ2n) is 7.64. The molecule has 2 heterocycles. The van der Waals surface area contributed by atoms with Crippen molar-refractivity contribution >= 4 is 56.8 Å². The quantitative estimate of drug-likeness (QED) is 0.216. The number of hydrogen-bond acceptors (Lipinski definition) is 4. The van der Waals surface area contributed by atoms with Crippen LogP contribution >= 0.6 is 22.9 Å². The van der Waals surface area contributed by atoms with E-state index in [1.165, 1.54) is 16.2 Å². The third-order valence-electron chi connectivity index (χ3n) is 5.73. The molecule has 1 aromatic heterocycles. The van der Waals surface area contributed by atoms with Crippen LogP contribution in [-0.2, 0) is 9.59 Å². The molecule has 32 heavy (non-hydrogen) atoms. The fourth-order valence-corrected chi connectivity index (χ4v) is 5.21. The Balaban J connectivity index is 1.78. The lowest BCUT2D eigenvalue weighted by Gasteiger charge is -2.26. The van der Waals surface area contributed by atoms with Crippen LogP contribution in [0.15, 0.2) is 83.7 Å². The van der Waals surface area contributed by atoms with Gasteiger partial charge in [-0.25, -0.2) is 0 Å². The molecule has 6 heteroatoms. The topological polar surface area (TPSA) is 57.6 Å². The zero-order chi connectivity index (χ0) is 22.4. The minimum atomic E-state index is -0.744. The van der Waals surface area contributed by atoms with Crippen molar-refractivity contribution in [3.8, 4) is 0 Å². The Bertz CT molecular complexity index is 1400. The molecular weight excluding hydrogens is 442 g/mol. The molecular formula is C26H18ClNO3S. The predicted molar refractivity (Wildman–Crippen MR) is 129 cm³/mol. The van der Waals surface area contributed by atoms with E-state index in [1.54, 1.807) is 18.2 Å². The van der Waals surface area contributed by atoms with Gasteiger partial charge in [0, 0.05) is 21.2 Å². The molecule has 1 atom stereocenters. The van der Waals surface area contributed by atoms with E-state index in [4.69, 9.17) is 11.6 Å². The van der Waals surface area contributed by atoms with E-state index in [1.807, 2.05) is 66.9 Å². The number of halogens is 1. The largest absolute Gasteiger partial charge is 0.507 e. The fraction of sp³-hybridized carbons (Fsp3) is 0.0769. The second kappa shape index (κ2) is 7.93. The standard InChI is InChI=1S/C26H18ClNO3S/c1-15-11-12-17(27)14-20(15)28-23(21-10-5-13-32-21)22(25(30)26(28)31)24(29)19-9-4-7-16-6-2-3-8-18(16)19/h2-14,23,29H,1H3/b24-22-. The number of aliphatic hydroxyl groups is 1. The van der Waals surface area contributed by atoms with Crippen LogP contribution in [-0.4, -0.2) is 16.8 Å². The van der Waals surface area contributed by atoms with Gasteiger partial charge >= 0.3 is 0 Å².